The summed E-state index contributed by atoms with van der Waals surface area (Å²) in [6.07, 6.45) is 20.6. The van der Waals surface area contributed by atoms with Gasteiger partial charge in [0.2, 0.25) is 5.91 Å². The van der Waals surface area contributed by atoms with Crippen molar-refractivity contribution >= 4 is 11.9 Å². The van der Waals surface area contributed by atoms with Crippen LogP contribution in [0.25, 0.3) is 0 Å². The van der Waals surface area contributed by atoms with Crippen LogP contribution in [-0.4, -0.2) is 115 Å². The molecule has 1 N–H and O–H groups in total. The van der Waals surface area contributed by atoms with Crippen molar-refractivity contribution in [3.05, 3.63) is 0 Å². The van der Waals surface area contributed by atoms with Gasteiger partial charge in [0.15, 0.2) is 0 Å². The highest BCUT2D eigenvalue weighted by molar-refractivity contribution is 5.75. The van der Waals surface area contributed by atoms with Crippen LogP contribution in [0.4, 0.5) is 0 Å². The molecule has 0 aromatic carbocycles. The predicted molar refractivity (Wildman–Crippen MR) is 199 cm³/mol. The molecule has 49 heavy (non-hydrogen) atoms. The highest BCUT2D eigenvalue weighted by atomic mass is 16.6. The summed E-state index contributed by atoms with van der Waals surface area (Å²) in [4.78, 5) is 26.0. The van der Waals surface area contributed by atoms with E-state index in [1.165, 1.54) is 77.0 Å². The average Bonchev–Trinajstić information content (AvgIpc) is 3.05. The van der Waals surface area contributed by atoms with Gasteiger partial charge in [0.1, 0.15) is 5.60 Å². The number of rotatable bonds is 38. The molecule has 0 aliphatic rings. The number of likely N-dealkylation sites (N-methyl/N-ethyl adjacent to an activating group) is 1. The van der Waals surface area contributed by atoms with Gasteiger partial charge in [-0.2, -0.15) is 0 Å². The zero-order valence-corrected chi connectivity index (χ0v) is 32.6. The molecule has 0 saturated heterocycles. The van der Waals surface area contributed by atoms with Crippen molar-refractivity contribution in [1.29, 1.82) is 0 Å². The number of unbranched alkanes of at least 4 members (excludes halogenated alkanes) is 14. The number of esters is 1. The van der Waals surface area contributed by atoms with Gasteiger partial charge in [0.05, 0.1) is 66.1 Å². The largest absolute Gasteiger partial charge is 0.460 e. The Morgan fingerprint density at radius 1 is 0.510 bits per heavy atom. The first-order valence-electron chi connectivity index (χ1n) is 19.8. The maximum absolute atomic E-state index is 12.0. The molecular formula is C39H78N2O8. The van der Waals surface area contributed by atoms with Crippen molar-refractivity contribution in [2.24, 2.45) is 0 Å². The number of carbonyl (C=O) groups excluding carboxylic acids is 2. The fourth-order valence-electron chi connectivity index (χ4n) is 5.16. The fourth-order valence-corrected chi connectivity index (χ4v) is 5.16. The summed E-state index contributed by atoms with van der Waals surface area (Å²) < 4.78 is 33.0. The molecule has 0 atom stereocenters. The van der Waals surface area contributed by atoms with Crippen LogP contribution in [0.2, 0.25) is 0 Å². The molecule has 0 aromatic rings. The van der Waals surface area contributed by atoms with Gasteiger partial charge in [-0.25, -0.2) is 0 Å². The molecule has 0 aliphatic heterocycles. The maximum Gasteiger partial charge on any atom is 0.306 e. The van der Waals surface area contributed by atoms with E-state index in [2.05, 4.69) is 24.2 Å². The van der Waals surface area contributed by atoms with Crippen molar-refractivity contribution in [1.82, 2.24) is 10.2 Å². The lowest BCUT2D eigenvalue weighted by molar-refractivity contribution is -0.154. The van der Waals surface area contributed by atoms with Gasteiger partial charge in [-0.3, -0.25) is 9.59 Å². The van der Waals surface area contributed by atoms with E-state index in [-0.39, 0.29) is 17.5 Å². The number of hydrogen-bond acceptors (Lipinski definition) is 9. The molecule has 0 spiro atoms. The third-order valence-corrected chi connectivity index (χ3v) is 8.02. The van der Waals surface area contributed by atoms with E-state index < -0.39 is 0 Å². The fraction of sp³-hybridized carbons (Fsp3) is 0.949. The van der Waals surface area contributed by atoms with Gasteiger partial charge < -0.3 is 38.6 Å². The number of hydrogen-bond donors (Lipinski definition) is 1. The first-order valence-corrected chi connectivity index (χ1v) is 19.8. The zero-order valence-electron chi connectivity index (χ0n) is 32.6. The summed E-state index contributed by atoms with van der Waals surface area (Å²) in [6, 6.07) is 0. The van der Waals surface area contributed by atoms with Gasteiger partial charge in [-0.05, 0) is 53.6 Å². The van der Waals surface area contributed by atoms with E-state index in [0.717, 1.165) is 45.4 Å². The van der Waals surface area contributed by atoms with Gasteiger partial charge in [0.25, 0.3) is 0 Å². The van der Waals surface area contributed by atoms with Crippen LogP contribution in [0.15, 0.2) is 0 Å². The Bertz CT molecular complexity index is 720. The molecule has 0 bridgehead atoms. The molecule has 0 saturated carbocycles. The molecule has 0 fully saturated rings. The number of nitrogens with zero attached hydrogens (tertiary/aromatic N) is 1. The quantitative estimate of drug-likeness (QED) is 0.0517. The Kier molecular flexibility index (Phi) is 35.5. The van der Waals surface area contributed by atoms with Crippen molar-refractivity contribution in [2.75, 3.05) is 92.8 Å². The van der Waals surface area contributed by atoms with Crippen LogP contribution in [0, 0.1) is 0 Å². The topological polar surface area (TPSA) is 105 Å². The monoisotopic (exact) mass is 703 g/mol. The second-order valence-corrected chi connectivity index (χ2v) is 14.1. The third-order valence-electron chi connectivity index (χ3n) is 8.02. The molecule has 0 rings (SSSR count). The summed E-state index contributed by atoms with van der Waals surface area (Å²) in [7, 11) is 2.13. The highest BCUT2D eigenvalue weighted by Crippen LogP contribution is 2.15. The zero-order chi connectivity index (χ0) is 36.1. The van der Waals surface area contributed by atoms with E-state index in [9.17, 15) is 9.59 Å². The molecule has 10 heteroatoms. The van der Waals surface area contributed by atoms with E-state index >= 15 is 0 Å². The summed E-state index contributed by atoms with van der Waals surface area (Å²) in [5.74, 6) is 0.0428. The summed E-state index contributed by atoms with van der Waals surface area (Å²) in [5, 5.41) is 2.94. The molecule has 0 aliphatic carbocycles. The van der Waals surface area contributed by atoms with Crippen LogP contribution in [0.1, 0.15) is 143 Å². The number of carbonyl (C=O) groups is 2. The van der Waals surface area contributed by atoms with Crippen molar-refractivity contribution in [3.8, 4) is 0 Å². The SMILES string of the molecule is CCCCN(C)CCOCCOCCOCCOCCOCCNC(=O)CCCCCCCCCCCCCCCCC(=O)OC(C)(C)C. The Hall–Kier alpha value is -1.30. The molecule has 1 amide bonds. The van der Waals surface area contributed by atoms with Crippen molar-refractivity contribution in [2.45, 2.75) is 149 Å². The molecular weight excluding hydrogens is 624 g/mol. The Balaban J connectivity index is 3.22. The molecule has 10 nitrogen and oxygen atoms in total. The van der Waals surface area contributed by atoms with Crippen LogP contribution in [0.5, 0.6) is 0 Å². The predicted octanol–water partition coefficient (Wildman–Crippen LogP) is 7.50. The molecule has 0 radical (unpaired) electrons. The van der Waals surface area contributed by atoms with Gasteiger partial charge in [-0.15, -0.1) is 0 Å². The van der Waals surface area contributed by atoms with Crippen molar-refractivity contribution < 1.29 is 38.0 Å². The van der Waals surface area contributed by atoms with E-state index in [0.29, 0.717) is 78.8 Å². The van der Waals surface area contributed by atoms with Crippen LogP contribution in [-0.2, 0) is 38.0 Å². The Labute approximate surface area is 301 Å². The second-order valence-electron chi connectivity index (χ2n) is 14.1. The van der Waals surface area contributed by atoms with Gasteiger partial charge in [-0.1, -0.05) is 90.4 Å². The van der Waals surface area contributed by atoms with E-state index in [1.54, 1.807) is 0 Å². The van der Waals surface area contributed by atoms with Crippen LogP contribution >= 0.6 is 0 Å². The minimum absolute atomic E-state index is 0.0704. The standard InChI is InChI=1S/C39H78N2O8/c1-6-7-25-41(5)26-28-45-30-32-47-34-36-48-35-33-46-31-29-44-27-24-40-37(42)22-20-18-16-14-12-10-8-9-11-13-15-17-19-21-23-38(43)49-39(2,3)4/h6-36H2,1-5H3,(H,40,42). The summed E-state index contributed by atoms with van der Waals surface area (Å²) in [6.45, 7) is 16.2. The molecule has 0 heterocycles. The average molecular weight is 703 g/mol. The minimum Gasteiger partial charge on any atom is -0.460 e. The molecule has 0 aromatic heterocycles. The Morgan fingerprint density at radius 3 is 1.33 bits per heavy atom. The van der Waals surface area contributed by atoms with Gasteiger partial charge in [0, 0.05) is 25.9 Å². The summed E-state index contributed by atoms with van der Waals surface area (Å²) in [5.41, 5.74) is -0.374. The normalized spacial score (nSPS) is 11.8. The third kappa shape index (κ3) is 41.0. The lowest BCUT2D eigenvalue weighted by atomic mass is 10.0. The minimum atomic E-state index is -0.374. The number of nitrogens with one attached hydrogen (secondary N) is 1. The van der Waals surface area contributed by atoms with Gasteiger partial charge >= 0.3 is 5.97 Å². The maximum atomic E-state index is 12.0. The van der Waals surface area contributed by atoms with E-state index in [1.807, 2.05) is 20.8 Å². The highest BCUT2D eigenvalue weighted by Gasteiger charge is 2.15. The molecule has 292 valence electrons. The first kappa shape index (κ1) is 47.7. The molecule has 0 unspecified atom stereocenters. The number of ether oxygens (including phenoxy) is 6. The summed E-state index contributed by atoms with van der Waals surface area (Å²) >= 11 is 0. The second kappa shape index (κ2) is 36.5. The van der Waals surface area contributed by atoms with E-state index in [4.69, 9.17) is 28.4 Å². The van der Waals surface area contributed by atoms with Crippen molar-refractivity contribution in [3.63, 3.8) is 0 Å². The van der Waals surface area contributed by atoms with Crippen LogP contribution < -0.4 is 5.32 Å². The smallest absolute Gasteiger partial charge is 0.306 e. The Morgan fingerprint density at radius 2 is 0.898 bits per heavy atom. The number of amides is 1. The lowest BCUT2D eigenvalue weighted by Crippen LogP contribution is -2.27. The first-order chi connectivity index (χ1) is 23.7. The lowest BCUT2D eigenvalue weighted by Gasteiger charge is -2.19. The van der Waals surface area contributed by atoms with Crippen LogP contribution in [0.3, 0.4) is 0 Å².